The van der Waals surface area contributed by atoms with Gasteiger partial charge in [-0.25, -0.2) is 4.98 Å². The lowest BCUT2D eigenvalue weighted by molar-refractivity contribution is -0.129. The van der Waals surface area contributed by atoms with Gasteiger partial charge in [-0.1, -0.05) is 30.3 Å². The number of nitrogens with zero attached hydrogens (tertiary/aromatic N) is 2. The molecule has 2 amide bonds. The lowest BCUT2D eigenvalue weighted by Gasteiger charge is -2.15. The molecular formula is C22H21N3O3. The van der Waals surface area contributed by atoms with Crippen molar-refractivity contribution in [1.29, 1.82) is 0 Å². The zero-order valence-corrected chi connectivity index (χ0v) is 15.8. The number of aromatic nitrogens is 1. The number of hydrogen-bond acceptors (Lipinski definition) is 4. The summed E-state index contributed by atoms with van der Waals surface area (Å²) in [5.41, 5.74) is 2.16. The van der Waals surface area contributed by atoms with E-state index in [4.69, 9.17) is 4.74 Å². The molecule has 0 aliphatic rings. The van der Waals surface area contributed by atoms with E-state index in [0.29, 0.717) is 17.1 Å². The van der Waals surface area contributed by atoms with Gasteiger partial charge in [0.2, 0.25) is 11.8 Å². The van der Waals surface area contributed by atoms with Gasteiger partial charge in [0.05, 0.1) is 24.9 Å². The van der Waals surface area contributed by atoms with Crippen LogP contribution in [0, 0.1) is 0 Å². The Kier molecular flexibility index (Phi) is 6.01. The van der Waals surface area contributed by atoms with Crippen LogP contribution in [-0.2, 0) is 9.59 Å². The number of carbonyl (C=O) groups is 2. The van der Waals surface area contributed by atoms with Crippen molar-refractivity contribution >= 4 is 34.5 Å². The second-order valence-electron chi connectivity index (χ2n) is 6.24. The van der Waals surface area contributed by atoms with E-state index >= 15 is 0 Å². The molecule has 3 aromatic rings. The van der Waals surface area contributed by atoms with E-state index in [1.807, 2.05) is 36.4 Å². The maximum absolute atomic E-state index is 12.3. The molecule has 2 aromatic carbocycles. The van der Waals surface area contributed by atoms with Crippen molar-refractivity contribution in [2.45, 2.75) is 0 Å². The molecule has 1 N–H and O–H groups in total. The second kappa shape index (κ2) is 8.81. The van der Waals surface area contributed by atoms with Gasteiger partial charge < -0.3 is 15.0 Å². The number of benzene rings is 2. The van der Waals surface area contributed by atoms with Gasteiger partial charge in [0.1, 0.15) is 5.75 Å². The van der Waals surface area contributed by atoms with Gasteiger partial charge in [-0.2, -0.15) is 0 Å². The predicted octanol–water partition coefficient (Wildman–Crippen LogP) is 3.35. The summed E-state index contributed by atoms with van der Waals surface area (Å²) < 4.78 is 5.13. The highest BCUT2D eigenvalue weighted by molar-refractivity contribution is 5.98. The van der Waals surface area contributed by atoms with Crippen LogP contribution in [0.2, 0.25) is 0 Å². The van der Waals surface area contributed by atoms with Crippen LogP contribution in [-0.4, -0.2) is 42.4 Å². The number of methoxy groups -OCH3 is 1. The minimum absolute atomic E-state index is 0.0640. The molecule has 0 radical (unpaired) electrons. The Balaban J connectivity index is 1.58. The van der Waals surface area contributed by atoms with Crippen LogP contribution in [0.25, 0.3) is 17.0 Å². The average molecular weight is 375 g/mol. The summed E-state index contributed by atoms with van der Waals surface area (Å²) in [7, 11) is 3.13. The van der Waals surface area contributed by atoms with Gasteiger partial charge in [-0.3, -0.25) is 9.59 Å². The molecule has 0 fully saturated rings. The fourth-order valence-electron chi connectivity index (χ4n) is 2.65. The smallest absolute Gasteiger partial charge is 0.246 e. The molecule has 6 heteroatoms. The topological polar surface area (TPSA) is 71.5 Å². The molecule has 3 rings (SSSR count). The number of likely N-dealkylation sites (N-methyl/N-ethyl adjacent to an activating group) is 1. The van der Waals surface area contributed by atoms with Crippen molar-refractivity contribution in [2.24, 2.45) is 0 Å². The number of anilines is 1. The normalized spacial score (nSPS) is 10.8. The lowest BCUT2D eigenvalue weighted by Crippen LogP contribution is -2.33. The highest BCUT2D eigenvalue weighted by atomic mass is 16.5. The molecule has 1 aromatic heterocycles. The summed E-state index contributed by atoms with van der Waals surface area (Å²) in [6, 6.07) is 18.6. The highest BCUT2D eigenvalue weighted by Crippen LogP contribution is 2.16. The summed E-state index contributed by atoms with van der Waals surface area (Å²) in [5.74, 6) is 0.0742. The Morgan fingerprint density at radius 1 is 1.11 bits per heavy atom. The fraction of sp³-hybridized carbons (Fsp3) is 0.136. The van der Waals surface area contributed by atoms with Crippen LogP contribution >= 0.6 is 0 Å². The zero-order chi connectivity index (χ0) is 19.9. The Labute approximate surface area is 163 Å². The Hall–Kier alpha value is -3.67. The SMILES string of the molecule is COc1cccc(NC(=O)CN(C)C(=O)/C=C/c2ccc3ccccc3n2)c1. The van der Waals surface area contributed by atoms with Crippen molar-refractivity contribution in [3.05, 3.63) is 72.4 Å². The van der Waals surface area contributed by atoms with Gasteiger partial charge in [-0.05, 0) is 30.3 Å². The third kappa shape index (κ3) is 4.94. The molecule has 28 heavy (non-hydrogen) atoms. The fourth-order valence-corrected chi connectivity index (χ4v) is 2.65. The molecule has 0 bridgehead atoms. The summed E-state index contributed by atoms with van der Waals surface area (Å²) in [5, 5.41) is 3.79. The van der Waals surface area contributed by atoms with E-state index in [1.54, 1.807) is 44.5 Å². The van der Waals surface area contributed by atoms with Crippen LogP contribution in [0.3, 0.4) is 0 Å². The van der Waals surface area contributed by atoms with Crippen LogP contribution < -0.4 is 10.1 Å². The molecule has 0 saturated heterocycles. The zero-order valence-electron chi connectivity index (χ0n) is 15.8. The first-order chi connectivity index (χ1) is 13.5. The van der Waals surface area contributed by atoms with E-state index in [1.165, 1.54) is 11.0 Å². The quantitative estimate of drug-likeness (QED) is 0.671. The van der Waals surface area contributed by atoms with Crippen molar-refractivity contribution in [3.63, 3.8) is 0 Å². The first-order valence-corrected chi connectivity index (χ1v) is 8.78. The van der Waals surface area contributed by atoms with E-state index in [0.717, 1.165) is 10.9 Å². The van der Waals surface area contributed by atoms with Gasteiger partial charge in [0.25, 0.3) is 0 Å². The molecule has 0 spiro atoms. The van der Waals surface area contributed by atoms with Crippen LogP contribution in [0.1, 0.15) is 5.69 Å². The van der Waals surface area contributed by atoms with Crippen molar-refractivity contribution in [1.82, 2.24) is 9.88 Å². The Bertz CT molecular complexity index is 1030. The number of pyridine rings is 1. The maximum Gasteiger partial charge on any atom is 0.246 e. The summed E-state index contributed by atoms with van der Waals surface area (Å²) in [6.45, 7) is -0.0640. The predicted molar refractivity (Wildman–Crippen MR) is 110 cm³/mol. The Morgan fingerprint density at radius 3 is 2.75 bits per heavy atom. The molecule has 1 heterocycles. The van der Waals surface area contributed by atoms with Crippen molar-refractivity contribution in [2.75, 3.05) is 26.0 Å². The molecule has 0 atom stereocenters. The number of para-hydroxylation sites is 1. The molecule has 6 nitrogen and oxygen atoms in total. The van der Waals surface area contributed by atoms with E-state index in [9.17, 15) is 9.59 Å². The molecule has 0 aliphatic carbocycles. The third-order valence-corrected chi connectivity index (χ3v) is 4.13. The van der Waals surface area contributed by atoms with Crippen LogP contribution in [0.4, 0.5) is 5.69 Å². The number of nitrogens with one attached hydrogen (secondary N) is 1. The summed E-state index contributed by atoms with van der Waals surface area (Å²) >= 11 is 0. The number of carbonyl (C=O) groups excluding carboxylic acids is 2. The summed E-state index contributed by atoms with van der Waals surface area (Å²) in [4.78, 5) is 30.3. The molecule has 142 valence electrons. The van der Waals surface area contributed by atoms with Crippen LogP contribution in [0.15, 0.2) is 66.7 Å². The van der Waals surface area contributed by atoms with Crippen molar-refractivity contribution < 1.29 is 14.3 Å². The Morgan fingerprint density at radius 2 is 1.93 bits per heavy atom. The summed E-state index contributed by atoms with van der Waals surface area (Å²) in [6.07, 6.45) is 3.06. The minimum atomic E-state index is -0.290. The first-order valence-electron chi connectivity index (χ1n) is 8.78. The van der Waals surface area contributed by atoms with Gasteiger partial charge in [0.15, 0.2) is 0 Å². The number of amides is 2. The lowest BCUT2D eigenvalue weighted by atomic mass is 10.2. The van der Waals surface area contributed by atoms with Gasteiger partial charge >= 0.3 is 0 Å². The standard InChI is InChI=1S/C22H21N3O3/c1-25(15-21(26)24-18-7-5-8-19(14-18)28-2)22(27)13-12-17-11-10-16-6-3-4-9-20(16)23-17/h3-14H,15H2,1-2H3,(H,24,26)/b13-12+. The molecular weight excluding hydrogens is 354 g/mol. The molecule has 0 saturated carbocycles. The highest BCUT2D eigenvalue weighted by Gasteiger charge is 2.11. The number of fused-ring (bicyclic) bond motifs is 1. The van der Waals surface area contributed by atoms with Crippen molar-refractivity contribution in [3.8, 4) is 5.75 Å². The molecule has 0 aliphatic heterocycles. The minimum Gasteiger partial charge on any atom is -0.497 e. The van der Waals surface area contributed by atoms with E-state index < -0.39 is 0 Å². The third-order valence-electron chi connectivity index (χ3n) is 4.13. The average Bonchev–Trinajstić information content (AvgIpc) is 2.71. The number of ether oxygens (including phenoxy) is 1. The largest absolute Gasteiger partial charge is 0.497 e. The van der Waals surface area contributed by atoms with Gasteiger partial charge in [0, 0.05) is 30.3 Å². The number of rotatable bonds is 6. The monoisotopic (exact) mass is 375 g/mol. The van der Waals surface area contributed by atoms with Gasteiger partial charge in [-0.15, -0.1) is 0 Å². The van der Waals surface area contributed by atoms with Crippen LogP contribution in [0.5, 0.6) is 5.75 Å². The number of hydrogen-bond donors (Lipinski definition) is 1. The molecule has 0 unspecified atom stereocenters. The van der Waals surface area contributed by atoms with E-state index in [2.05, 4.69) is 10.3 Å². The first kappa shape index (κ1) is 19.1. The van der Waals surface area contributed by atoms with E-state index in [-0.39, 0.29) is 18.4 Å². The second-order valence-corrected chi connectivity index (χ2v) is 6.24. The maximum atomic E-state index is 12.3.